The minimum absolute atomic E-state index is 0.246. The molecule has 1 aliphatic heterocycles. The van der Waals surface area contributed by atoms with Gasteiger partial charge in [0.15, 0.2) is 0 Å². The van der Waals surface area contributed by atoms with Gasteiger partial charge in [-0.1, -0.05) is 32.9 Å². The molecular weight excluding hydrogens is 273 g/mol. The van der Waals surface area contributed by atoms with E-state index in [-0.39, 0.29) is 35.8 Å². The molecule has 1 aromatic rings. The highest BCUT2D eigenvalue weighted by Crippen LogP contribution is 2.32. The summed E-state index contributed by atoms with van der Waals surface area (Å²) in [6, 6.07) is 4.88. The van der Waals surface area contributed by atoms with Crippen LogP contribution in [0.15, 0.2) is 24.3 Å². The number of urea groups is 1. The second-order valence-corrected chi connectivity index (χ2v) is 6.27. The van der Waals surface area contributed by atoms with Crippen LogP contribution in [0.2, 0.25) is 0 Å². The van der Waals surface area contributed by atoms with Crippen molar-refractivity contribution in [2.75, 3.05) is 6.54 Å². The zero-order valence-corrected chi connectivity index (χ0v) is 12.4. The standard InChI is InChI=1S/C15H20FN3O2/c1-15(2,3)12(9-4-6-10(16)7-5-9)19-13(20)11-8-17-14(21)18-11/h4-7,11-12H,8H2,1-3H3,(H,19,20)(H2,17,18,21)/t11-,12+/m0/s1. The largest absolute Gasteiger partial charge is 0.347 e. The Bertz CT molecular complexity index is 537. The number of nitrogens with one attached hydrogen (secondary N) is 3. The topological polar surface area (TPSA) is 70.2 Å². The van der Waals surface area contributed by atoms with Crippen molar-refractivity contribution in [3.63, 3.8) is 0 Å². The summed E-state index contributed by atoms with van der Waals surface area (Å²) in [5.41, 5.74) is 0.582. The van der Waals surface area contributed by atoms with E-state index in [0.717, 1.165) is 5.56 Å². The van der Waals surface area contributed by atoms with E-state index in [1.807, 2.05) is 20.8 Å². The van der Waals surface area contributed by atoms with Crippen LogP contribution >= 0.6 is 0 Å². The molecule has 21 heavy (non-hydrogen) atoms. The monoisotopic (exact) mass is 293 g/mol. The molecule has 1 aromatic carbocycles. The number of hydrogen-bond acceptors (Lipinski definition) is 2. The molecule has 2 atom stereocenters. The van der Waals surface area contributed by atoms with Crippen molar-refractivity contribution in [3.8, 4) is 0 Å². The van der Waals surface area contributed by atoms with Gasteiger partial charge in [0.05, 0.1) is 6.04 Å². The van der Waals surface area contributed by atoms with Gasteiger partial charge in [0.1, 0.15) is 11.9 Å². The number of hydrogen-bond donors (Lipinski definition) is 3. The maximum Gasteiger partial charge on any atom is 0.315 e. The Labute approximate surface area is 123 Å². The first-order valence-electron chi connectivity index (χ1n) is 6.87. The van der Waals surface area contributed by atoms with E-state index < -0.39 is 6.04 Å². The summed E-state index contributed by atoms with van der Waals surface area (Å²) in [5.74, 6) is -0.567. The van der Waals surface area contributed by atoms with Gasteiger partial charge in [-0.15, -0.1) is 0 Å². The molecule has 0 aliphatic carbocycles. The summed E-state index contributed by atoms with van der Waals surface area (Å²) in [5, 5.41) is 8.04. The highest BCUT2D eigenvalue weighted by atomic mass is 19.1. The molecule has 0 spiro atoms. The van der Waals surface area contributed by atoms with Crippen LogP contribution in [0, 0.1) is 11.2 Å². The fourth-order valence-electron chi connectivity index (χ4n) is 2.31. The molecule has 114 valence electrons. The van der Waals surface area contributed by atoms with Crippen molar-refractivity contribution < 1.29 is 14.0 Å². The predicted molar refractivity (Wildman–Crippen MR) is 77.1 cm³/mol. The van der Waals surface area contributed by atoms with Gasteiger partial charge in [0.2, 0.25) is 5.91 Å². The normalized spacial score (nSPS) is 19.6. The summed E-state index contributed by atoms with van der Waals surface area (Å²) in [6.45, 7) is 6.25. The van der Waals surface area contributed by atoms with E-state index in [1.165, 1.54) is 12.1 Å². The van der Waals surface area contributed by atoms with Crippen LogP contribution in [0.4, 0.5) is 9.18 Å². The molecule has 5 nitrogen and oxygen atoms in total. The van der Waals surface area contributed by atoms with E-state index in [2.05, 4.69) is 16.0 Å². The molecule has 6 heteroatoms. The second kappa shape index (κ2) is 5.71. The molecule has 1 aliphatic rings. The Morgan fingerprint density at radius 2 is 1.95 bits per heavy atom. The first-order chi connectivity index (χ1) is 9.77. The van der Waals surface area contributed by atoms with E-state index in [1.54, 1.807) is 12.1 Å². The molecule has 1 saturated heterocycles. The van der Waals surface area contributed by atoms with Crippen LogP contribution in [0.3, 0.4) is 0 Å². The molecule has 0 radical (unpaired) electrons. The van der Waals surface area contributed by atoms with Gasteiger partial charge >= 0.3 is 6.03 Å². The summed E-state index contributed by atoms with van der Waals surface area (Å²) in [7, 11) is 0. The van der Waals surface area contributed by atoms with Crippen molar-refractivity contribution >= 4 is 11.9 Å². The number of carbonyl (C=O) groups excluding carboxylic acids is 2. The molecular formula is C15H20FN3O2. The first-order valence-corrected chi connectivity index (χ1v) is 6.87. The van der Waals surface area contributed by atoms with Gasteiger partial charge in [0.25, 0.3) is 0 Å². The number of carbonyl (C=O) groups is 2. The molecule has 2 rings (SSSR count). The maximum absolute atomic E-state index is 13.1. The Morgan fingerprint density at radius 3 is 2.43 bits per heavy atom. The fraction of sp³-hybridized carbons (Fsp3) is 0.467. The summed E-state index contributed by atoms with van der Waals surface area (Å²) < 4.78 is 13.1. The molecule has 0 bridgehead atoms. The second-order valence-electron chi connectivity index (χ2n) is 6.27. The third-order valence-corrected chi connectivity index (χ3v) is 3.44. The molecule has 3 N–H and O–H groups in total. The third-order valence-electron chi connectivity index (χ3n) is 3.44. The lowest BCUT2D eigenvalue weighted by atomic mass is 9.82. The SMILES string of the molecule is CC(C)(C)[C@H](NC(=O)[C@@H]1CNC(=O)N1)c1ccc(F)cc1. The molecule has 0 aromatic heterocycles. The van der Waals surface area contributed by atoms with Gasteiger partial charge < -0.3 is 16.0 Å². The van der Waals surface area contributed by atoms with Crippen molar-refractivity contribution in [1.82, 2.24) is 16.0 Å². The summed E-state index contributed by atoms with van der Waals surface area (Å²) in [4.78, 5) is 23.4. The fourth-order valence-corrected chi connectivity index (χ4v) is 2.31. The molecule has 1 fully saturated rings. The quantitative estimate of drug-likeness (QED) is 0.794. The highest BCUT2D eigenvalue weighted by molar-refractivity contribution is 5.90. The molecule has 3 amide bonds. The van der Waals surface area contributed by atoms with Crippen LogP contribution in [-0.2, 0) is 4.79 Å². The van der Waals surface area contributed by atoms with Crippen molar-refractivity contribution in [3.05, 3.63) is 35.6 Å². The molecule has 1 heterocycles. The van der Waals surface area contributed by atoms with Crippen molar-refractivity contribution in [2.45, 2.75) is 32.9 Å². The smallest absolute Gasteiger partial charge is 0.315 e. The van der Waals surface area contributed by atoms with Crippen LogP contribution in [0.25, 0.3) is 0 Å². The van der Waals surface area contributed by atoms with Crippen molar-refractivity contribution in [1.29, 1.82) is 0 Å². The molecule has 0 saturated carbocycles. The van der Waals surface area contributed by atoms with Crippen LogP contribution in [-0.4, -0.2) is 24.5 Å². The van der Waals surface area contributed by atoms with E-state index >= 15 is 0 Å². The number of amides is 3. The van der Waals surface area contributed by atoms with Gasteiger partial charge in [-0.05, 0) is 23.1 Å². The number of halogens is 1. The average molecular weight is 293 g/mol. The van der Waals surface area contributed by atoms with Crippen LogP contribution < -0.4 is 16.0 Å². The first kappa shape index (κ1) is 15.3. The Hall–Kier alpha value is -2.11. The summed E-state index contributed by atoms with van der Waals surface area (Å²) >= 11 is 0. The minimum Gasteiger partial charge on any atom is -0.347 e. The van der Waals surface area contributed by atoms with E-state index in [9.17, 15) is 14.0 Å². The van der Waals surface area contributed by atoms with Gasteiger partial charge in [0, 0.05) is 6.54 Å². The van der Waals surface area contributed by atoms with Gasteiger partial charge in [-0.3, -0.25) is 4.79 Å². The molecule has 0 unspecified atom stereocenters. The van der Waals surface area contributed by atoms with Crippen LogP contribution in [0.1, 0.15) is 32.4 Å². The predicted octanol–water partition coefficient (Wildman–Crippen LogP) is 1.71. The number of rotatable bonds is 3. The minimum atomic E-state index is -0.581. The van der Waals surface area contributed by atoms with Gasteiger partial charge in [-0.2, -0.15) is 0 Å². The van der Waals surface area contributed by atoms with Crippen molar-refractivity contribution in [2.24, 2.45) is 5.41 Å². The lowest BCUT2D eigenvalue weighted by molar-refractivity contribution is -0.124. The summed E-state index contributed by atoms with van der Waals surface area (Å²) in [6.07, 6.45) is 0. The average Bonchev–Trinajstić information content (AvgIpc) is 2.82. The van der Waals surface area contributed by atoms with E-state index in [0.29, 0.717) is 0 Å². The Balaban J connectivity index is 2.15. The number of benzene rings is 1. The lowest BCUT2D eigenvalue weighted by Gasteiger charge is -2.32. The highest BCUT2D eigenvalue weighted by Gasteiger charge is 2.32. The van der Waals surface area contributed by atoms with E-state index in [4.69, 9.17) is 0 Å². The Kier molecular flexibility index (Phi) is 4.16. The third kappa shape index (κ3) is 3.71. The lowest BCUT2D eigenvalue weighted by Crippen LogP contribution is -2.47. The zero-order valence-electron chi connectivity index (χ0n) is 12.4. The van der Waals surface area contributed by atoms with Crippen LogP contribution in [0.5, 0.6) is 0 Å². The maximum atomic E-state index is 13.1. The van der Waals surface area contributed by atoms with Gasteiger partial charge in [-0.25, -0.2) is 9.18 Å². The zero-order chi connectivity index (χ0) is 15.6. The Morgan fingerprint density at radius 1 is 1.33 bits per heavy atom.